The van der Waals surface area contributed by atoms with Gasteiger partial charge in [-0.15, -0.1) is 0 Å². The number of anilines is 2. The third kappa shape index (κ3) is 4.09. The molecule has 0 unspecified atom stereocenters. The average molecular weight is 307 g/mol. The van der Waals surface area contributed by atoms with Crippen LogP contribution >= 0.6 is 11.3 Å². The van der Waals surface area contributed by atoms with E-state index in [0.29, 0.717) is 36.5 Å². The Hall–Kier alpha value is -2.28. The van der Waals surface area contributed by atoms with Gasteiger partial charge in [-0.05, 0) is 24.6 Å². The Balaban J connectivity index is 1.89. The van der Waals surface area contributed by atoms with E-state index in [2.05, 4.69) is 5.32 Å². The van der Waals surface area contributed by atoms with Crippen molar-refractivity contribution in [2.75, 3.05) is 18.2 Å². The second-order valence-electron chi connectivity index (χ2n) is 4.47. The lowest BCUT2D eigenvalue weighted by molar-refractivity contribution is -0.116. The minimum Gasteiger partial charge on any atom is -0.495 e. The van der Waals surface area contributed by atoms with Crippen LogP contribution in [0.3, 0.4) is 0 Å². The highest BCUT2D eigenvalue weighted by Crippen LogP contribution is 2.26. The number of nitrogen functional groups attached to an aromatic ring is 1. The van der Waals surface area contributed by atoms with E-state index < -0.39 is 0 Å². The van der Waals surface area contributed by atoms with E-state index in [4.69, 9.17) is 10.5 Å². The number of methoxy groups -OCH3 is 1. The zero-order valence-corrected chi connectivity index (χ0v) is 12.5. The quantitative estimate of drug-likeness (QED) is 0.798. The fraction of sp³-hybridized carbons (Fsp3) is 0.286. The van der Waals surface area contributed by atoms with E-state index >= 15 is 0 Å². The minimum absolute atomic E-state index is 0.00656. The lowest BCUT2D eigenvalue weighted by Crippen LogP contribution is -2.16. The Morgan fingerprint density at radius 1 is 1.48 bits per heavy atom. The molecular weight excluding hydrogens is 290 g/mol. The largest absolute Gasteiger partial charge is 0.495 e. The number of thiazole rings is 1. The lowest BCUT2D eigenvalue weighted by Gasteiger charge is -2.11. The second-order valence-corrected chi connectivity index (χ2v) is 5.33. The molecule has 0 saturated carbocycles. The van der Waals surface area contributed by atoms with Gasteiger partial charge >= 0.3 is 4.87 Å². The first-order valence-electron chi connectivity index (χ1n) is 6.47. The molecular formula is C14H17N3O3S. The molecule has 6 nitrogen and oxygen atoms in total. The van der Waals surface area contributed by atoms with Gasteiger partial charge in [0.15, 0.2) is 0 Å². The number of nitrogens with one attached hydrogen (secondary N) is 1. The molecule has 0 bridgehead atoms. The smallest absolute Gasteiger partial charge is 0.307 e. The summed E-state index contributed by atoms with van der Waals surface area (Å²) >= 11 is 1.15. The number of ether oxygens (including phenoxy) is 1. The number of hydrogen-bond donors (Lipinski definition) is 2. The molecule has 0 aliphatic carbocycles. The number of aryl methyl sites for hydroxylation is 1. The summed E-state index contributed by atoms with van der Waals surface area (Å²) in [6, 6.07) is 5.06. The van der Waals surface area contributed by atoms with Crippen LogP contribution in [0.25, 0.3) is 0 Å². The highest BCUT2D eigenvalue weighted by Gasteiger charge is 2.08. The van der Waals surface area contributed by atoms with Gasteiger partial charge in [0.05, 0.1) is 12.8 Å². The van der Waals surface area contributed by atoms with Crippen molar-refractivity contribution in [2.24, 2.45) is 0 Å². The van der Waals surface area contributed by atoms with Crippen molar-refractivity contribution in [2.45, 2.75) is 19.4 Å². The topological polar surface area (TPSA) is 86.3 Å². The molecule has 0 aliphatic heterocycles. The van der Waals surface area contributed by atoms with Gasteiger partial charge in [0.1, 0.15) is 5.75 Å². The van der Waals surface area contributed by atoms with Gasteiger partial charge in [-0.1, -0.05) is 11.3 Å². The molecule has 0 fully saturated rings. The summed E-state index contributed by atoms with van der Waals surface area (Å²) in [4.78, 5) is 23.3. The first-order chi connectivity index (χ1) is 10.1. The Morgan fingerprint density at radius 2 is 2.29 bits per heavy atom. The summed E-state index contributed by atoms with van der Waals surface area (Å²) < 4.78 is 6.76. The Bertz CT molecular complexity index is 678. The summed E-state index contributed by atoms with van der Waals surface area (Å²) in [5.41, 5.74) is 6.80. The maximum Gasteiger partial charge on any atom is 0.307 e. The number of hydrogen-bond acceptors (Lipinski definition) is 5. The molecule has 21 heavy (non-hydrogen) atoms. The number of aromatic nitrogens is 1. The highest BCUT2D eigenvalue weighted by molar-refractivity contribution is 7.07. The third-order valence-electron chi connectivity index (χ3n) is 2.94. The van der Waals surface area contributed by atoms with E-state index in [0.717, 1.165) is 11.3 Å². The molecule has 2 rings (SSSR count). The Labute approximate surface area is 126 Å². The SMILES string of the molecule is COc1ccc(N)cc1NC(=O)CCCn1ccsc1=O. The maximum atomic E-state index is 11.9. The molecule has 2 aromatic rings. The molecule has 0 saturated heterocycles. The zero-order valence-electron chi connectivity index (χ0n) is 11.7. The van der Waals surface area contributed by atoms with E-state index in [1.165, 1.54) is 7.11 Å². The first kappa shape index (κ1) is 15.1. The van der Waals surface area contributed by atoms with Crippen LogP contribution in [0.4, 0.5) is 11.4 Å². The highest BCUT2D eigenvalue weighted by atomic mass is 32.1. The van der Waals surface area contributed by atoms with Crippen molar-refractivity contribution in [3.63, 3.8) is 0 Å². The minimum atomic E-state index is -0.137. The predicted octanol–water partition coefficient (Wildman–Crippen LogP) is 1.92. The molecule has 0 atom stereocenters. The summed E-state index contributed by atoms with van der Waals surface area (Å²) in [6.45, 7) is 0.532. The predicted molar refractivity (Wildman–Crippen MR) is 83.8 cm³/mol. The summed E-state index contributed by atoms with van der Waals surface area (Å²) in [7, 11) is 1.53. The summed E-state index contributed by atoms with van der Waals surface area (Å²) in [5.74, 6) is 0.425. The van der Waals surface area contributed by atoms with Gasteiger partial charge in [0.2, 0.25) is 5.91 Å². The molecule has 1 heterocycles. The number of carbonyl (C=O) groups excluding carboxylic acids is 1. The second kappa shape index (κ2) is 6.94. The molecule has 1 aromatic carbocycles. The first-order valence-corrected chi connectivity index (χ1v) is 7.35. The van der Waals surface area contributed by atoms with E-state index in [1.807, 2.05) is 0 Å². The molecule has 3 N–H and O–H groups in total. The van der Waals surface area contributed by atoms with Crippen molar-refractivity contribution in [1.29, 1.82) is 0 Å². The number of nitrogens with two attached hydrogens (primary N) is 1. The number of rotatable bonds is 6. The van der Waals surface area contributed by atoms with Gasteiger partial charge < -0.3 is 20.4 Å². The number of carbonyl (C=O) groups is 1. The van der Waals surface area contributed by atoms with Crippen LogP contribution in [-0.4, -0.2) is 17.6 Å². The number of amides is 1. The van der Waals surface area contributed by atoms with E-state index in [9.17, 15) is 9.59 Å². The molecule has 0 radical (unpaired) electrons. The van der Waals surface area contributed by atoms with Crippen LogP contribution < -0.4 is 20.7 Å². The van der Waals surface area contributed by atoms with Crippen molar-refractivity contribution in [3.05, 3.63) is 39.4 Å². The van der Waals surface area contributed by atoms with Crippen LogP contribution in [0.1, 0.15) is 12.8 Å². The number of benzene rings is 1. The molecule has 1 aromatic heterocycles. The summed E-state index contributed by atoms with van der Waals surface area (Å²) in [5, 5.41) is 4.50. The third-order valence-corrected chi connectivity index (χ3v) is 3.64. The van der Waals surface area contributed by atoms with Crippen molar-refractivity contribution < 1.29 is 9.53 Å². The van der Waals surface area contributed by atoms with Crippen LogP contribution in [0.15, 0.2) is 34.6 Å². The Morgan fingerprint density at radius 3 is 2.95 bits per heavy atom. The monoisotopic (exact) mass is 307 g/mol. The maximum absolute atomic E-state index is 11.9. The van der Waals surface area contributed by atoms with Crippen LogP contribution in [-0.2, 0) is 11.3 Å². The standard InChI is InChI=1S/C14H17N3O3S/c1-20-12-5-4-10(15)9-11(12)16-13(18)3-2-6-17-7-8-21-14(17)19/h4-5,7-9H,2-3,6,15H2,1H3,(H,16,18). The lowest BCUT2D eigenvalue weighted by atomic mass is 10.2. The normalized spacial score (nSPS) is 10.3. The van der Waals surface area contributed by atoms with Gasteiger partial charge in [-0.25, -0.2) is 0 Å². The molecule has 0 spiro atoms. The summed E-state index contributed by atoms with van der Waals surface area (Å²) in [6.07, 6.45) is 2.64. The fourth-order valence-electron chi connectivity index (χ4n) is 1.90. The van der Waals surface area contributed by atoms with Crippen LogP contribution in [0, 0.1) is 0 Å². The van der Waals surface area contributed by atoms with Gasteiger partial charge in [0.25, 0.3) is 0 Å². The molecule has 112 valence electrons. The van der Waals surface area contributed by atoms with Gasteiger partial charge in [0, 0.05) is 30.2 Å². The number of nitrogens with zero attached hydrogens (tertiary/aromatic N) is 1. The molecule has 0 aliphatic rings. The van der Waals surface area contributed by atoms with E-state index in [1.54, 1.807) is 34.3 Å². The molecule has 7 heteroatoms. The van der Waals surface area contributed by atoms with Gasteiger partial charge in [-0.2, -0.15) is 0 Å². The zero-order chi connectivity index (χ0) is 15.2. The van der Waals surface area contributed by atoms with Crippen LogP contribution in [0.2, 0.25) is 0 Å². The van der Waals surface area contributed by atoms with Gasteiger partial charge in [-0.3, -0.25) is 9.59 Å². The van der Waals surface area contributed by atoms with Crippen LogP contribution in [0.5, 0.6) is 5.75 Å². The van der Waals surface area contributed by atoms with Crippen molar-refractivity contribution in [3.8, 4) is 5.75 Å². The van der Waals surface area contributed by atoms with Crippen molar-refractivity contribution >= 4 is 28.6 Å². The average Bonchev–Trinajstić information content (AvgIpc) is 2.85. The van der Waals surface area contributed by atoms with E-state index in [-0.39, 0.29) is 10.8 Å². The van der Waals surface area contributed by atoms with Crippen molar-refractivity contribution in [1.82, 2.24) is 4.57 Å². The fourth-order valence-corrected chi connectivity index (χ4v) is 2.51. The Kier molecular flexibility index (Phi) is 4.99. The molecule has 1 amide bonds.